The third kappa shape index (κ3) is 5.05. The van der Waals surface area contributed by atoms with Gasteiger partial charge in [0.25, 0.3) is 0 Å². The molecule has 1 fully saturated rings. The Balaban J connectivity index is 1.68. The Hall–Kier alpha value is -2.92. The number of nitrogens with zero attached hydrogens (tertiary/aromatic N) is 2. The van der Waals surface area contributed by atoms with Crippen LogP contribution in [0.2, 0.25) is 0 Å². The van der Waals surface area contributed by atoms with Gasteiger partial charge in [0.05, 0.1) is 24.2 Å². The van der Waals surface area contributed by atoms with Crippen molar-refractivity contribution in [2.75, 3.05) is 26.7 Å². The standard InChI is InChI=1S/C26H31N3O2/c1-31-21-12-9-19(10-13-21)22(15-18-29-16-5-2-6-17-29)25(26(27)30)24-14-11-20-7-3-4-8-23(20)28-24/h3-4,7-14,22,25H,2,5-6,15-18H2,1H3,(H2,27,30). The summed E-state index contributed by atoms with van der Waals surface area (Å²) in [5.41, 5.74) is 8.72. The van der Waals surface area contributed by atoms with Crippen molar-refractivity contribution in [3.05, 3.63) is 71.9 Å². The molecule has 2 unspecified atom stereocenters. The number of fused-ring (bicyclic) bond motifs is 1. The molecule has 1 aliphatic heterocycles. The molecule has 31 heavy (non-hydrogen) atoms. The molecule has 1 saturated heterocycles. The second kappa shape index (κ2) is 9.92. The number of aromatic nitrogens is 1. The van der Waals surface area contributed by atoms with Crippen LogP contribution in [0.4, 0.5) is 0 Å². The SMILES string of the molecule is COc1ccc(C(CCN2CCCCC2)C(C(N)=O)c2ccc3ccccc3n2)cc1. The zero-order valence-corrected chi connectivity index (χ0v) is 18.2. The highest BCUT2D eigenvalue weighted by molar-refractivity contribution is 5.84. The highest BCUT2D eigenvalue weighted by atomic mass is 16.5. The largest absolute Gasteiger partial charge is 0.497 e. The summed E-state index contributed by atoms with van der Waals surface area (Å²) in [5.74, 6) is -0.0537. The Morgan fingerprint density at radius 1 is 1.03 bits per heavy atom. The average molecular weight is 418 g/mol. The molecule has 1 amide bonds. The van der Waals surface area contributed by atoms with E-state index >= 15 is 0 Å². The molecule has 0 bridgehead atoms. The van der Waals surface area contributed by atoms with E-state index in [1.54, 1.807) is 7.11 Å². The minimum Gasteiger partial charge on any atom is -0.497 e. The van der Waals surface area contributed by atoms with Gasteiger partial charge in [0.2, 0.25) is 5.91 Å². The lowest BCUT2D eigenvalue weighted by Gasteiger charge is -2.31. The van der Waals surface area contributed by atoms with E-state index in [2.05, 4.69) is 17.0 Å². The van der Waals surface area contributed by atoms with Gasteiger partial charge in [-0.15, -0.1) is 0 Å². The van der Waals surface area contributed by atoms with E-state index in [0.29, 0.717) is 0 Å². The number of carbonyl (C=O) groups is 1. The number of hydrogen-bond acceptors (Lipinski definition) is 4. The Bertz CT molecular complexity index is 1010. The van der Waals surface area contributed by atoms with Gasteiger partial charge in [0.1, 0.15) is 5.75 Å². The topological polar surface area (TPSA) is 68.5 Å². The summed E-state index contributed by atoms with van der Waals surface area (Å²) in [5, 5.41) is 1.06. The van der Waals surface area contributed by atoms with Gasteiger partial charge in [-0.05, 0) is 68.7 Å². The number of nitrogens with two attached hydrogens (primary N) is 1. The van der Waals surface area contributed by atoms with Gasteiger partial charge in [-0.3, -0.25) is 9.78 Å². The Morgan fingerprint density at radius 2 is 1.77 bits per heavy atom. The first-order valence-electron chi connectivity index (χ1n) is 11.2. The van der Waals surface area contributed by atoms with Crippen molar-refractivity contribution in [1.29, 1.82) is 0 Å². The maximum absolute atomic E-state index is 12.8. The van der Waals surface area contributed by atoms with Crippen LogP contribution >= 0.6 is 0 Å². The van der Waals surface area contributed by atoms with E-state index < -0.39 is 5.92 Å². The number of piperidine rings is 1. The number of ether oxygens (including phenoxy) is 1. The van der Waals surface area contributed by atoms with Crippen LogP contribution in [0.1, 0.15) is 48.8 Å². The van der Waals surface area contributed by atoms with Gasteiger partial charge in [-0.2, -0.15) is 0 Å². The molecule has 0 saturated carbocycles. The number of benzene rings is 2. The molecular weight excluding hydrogens is 386 g/mol. The average Bonchev–Trinajstić information content (AvgIpc) is 2.82. The third-order valence-corrected chi connectivity index (χ3v) is 6.40. The number of methoxy groups -OCH3 is 1. The summed E-state index contributed by atoms with van der Waals surface area (Å²) in [6.07, 6.45) is 4.66. The highest BCUT2D eigenvalue weighted by Gasteiger charge is 2.31. The van der Waals surface area contributed by atoms with Crippen molar-refractivity contribution in [2.45, 2.75) is 37.5 Å². The van der Waals surface area contributed by atoms with E-state index in [0.717, 1.165) is 54.0 Å². The van der Waals surface area contributed by atoms with Crippen molar-refractivity contribution in [1.82, 2.24) is 9.88 Å². The van der Waals surface area contributed by atoms with E-state index in [4.69, 9.17) is 15.5 Å². The Labute approximate surface area is 184 Å². The zero-order chi connectivity index (χ0) is 21.6. The molecule has 0 spiro atoms. The molecule has 5 heteroatoms. The smallest absolute Gasteiger partial charge is 0.227 e. The highest BCUT2D eigenvalue weighted by Crippen LogP contribution is 2.36. The molecule has 2 heterocycles. The Morgan fingerprint density at radius 3 is 2.48 bits per heavy atom. The number of amides is 1. The number of primary amides is 1. The van der Waals surface area contributed by atoms with Crippen LogP contribution in [-0.4, -0.2) is 42.5 Å². The van der Waals surface area contributed by atoms with Crippen LogP contribution in [-0.2, 0) is 4.79 Å². The van der Waals surface area contributed by atoms with Crippen molar-refractivity contribution >= 4 is 16.8 Å². The zero-order valence-electron chi connectivity index (χ0n) is 18.2. The van der Waals surface area contributed by atoms with E-state index in [1.807, 2.05) is 48.5 Å². The monoisotopic (exact) mass is 417 g/mol. The lowest BCUT2D eigenvalue weighted by molar-refractivity contribution is -0.120. The predicted molar refractivity (Wildman–Crippen MR) is 124 cm³/mol. The third-order valence-electron chi connectivity index (χ3n) is 6.40. The van der Waals surface area contributed by atoms with Crippen molar-refractivity contribution in [2.24, 2.45) is 5.73 Å². The van der Waals surface area contributed by atoms with Gasteiger partial charge in [-0.25, -0.2) is 0 Å². The summed E-state index contributed by atoms with van der Waals surface area (Å²) >= 11 is 0. The molecule has 2 N–H and O–H groups in total. The number of pyridine rings is 1. The number of hydrogen-bond donors (Lipinski definition) is 1. The van der Waals surface area contributed by atoms with Gasteiger partial charge < -0.3 is 15.4 Å². The fourth-order valence-electron chi connectivity index (χ4n) is 4.69. The summed E-state index contributed by atoms with van der Waals surface area (Å²) in [6.45, 7) is 3.21. The molecule has 2 aromatic carbocycles. The minimum absolute atomic E-state index is 0.0426. The summed E-state index contributed by atoms with van der Waals surface area (Å²) in [6, 6.07) is 20.0. The minimum atomic E-state index is -0.484. The van der Waals surface area contributed by atoms with Gasteiger partial charge >= 0.3 is 0 Å². The van der Waals surface area contributed by atoms with Crippen LogP contribution in [0, 0.1) is 0 Å². The normalized spacial score (nSPS) is 16.7. The number of rotatable bonds is 8. The van der Waals surface area contributed by atoms with Gasteiger partial charge in [-0.1, -0.05) is 42.8 Å². The molecule has 4 rings (SSSR count). The number of carbonyl (C=O) groups excluding carboxylic acids is 1. The van der Waals surface area contributed by atoms with Crippen LogP contribution in [0.5, 0.6) is 5.75 Å². The molecule has 162 valence electrons. The summed E-state index contributed by atoms with van der Waals surface area (Å²) < 4.78 is 5.33. The molecule has 1 aromatic heterocycles. The second-order valence-electron chi connectivity index (χ2n) is 8.38. The maximum atomic E-state index is 12.8. The van der Waals surface area contributed by atoms with E-state index in [1.165, 1.54) is 19.3 Å². The van der Waals surface area contributed by atoms with Crippen molar-refractivity contribution in [3.8, 4) is 5.75 Å². The molecule has 3 aromatic rings. The lowest BCUT2D eigenvalue weighted by Crippen LogP contribution is -2.34. The van der Waals surface area contributed by atoms with Gasteiger partial charge in [0.15, 0.2) is 0 Å². The quantitative estimate of drug-likeness (QED) is 0.587. The van der Waals surface area contributed by atoms with Crippen LogP contribution in [0.3, 0.4) is 0 Å². The predicted octanol–water partition coefficient (Wildman–Crippen LogP) is 4.47. The molecule has 5 nitrogen and oxygen atoms in total. The molecule has 2 atom stereocenters. The fraction of sp³-hybridized carbons (Fsp3) is 0.385. The second-order valence-corrected chi connectivity index (χ2v) is 8.38. The van der Waals surface area contributed by atoms with Crippen molar-refractivity contribution < 1.29 is 9.53 Å². The number of para-hydroxylation sites is 1. The number of likely N-dealkylation sites (tertiary alicyclic amines) is 1. The maximum Gasteiger partial charge on any atom is 0.227 e. The van der Waals surface area contributed by atoms with Crippen LogP contribution in [0.15, 0.2) is 60.7 Å². The first kappa shape index (κ1) is 21.3. The fourth-order valence-corrected chi connectivity index (χ4v) is 4.69. The van der Waals surface area contributed by atoms with E-state index in [-0.39, 0.29) is 11.8 Å². The van der Waals surface area contributed by atoms with Crippen molar-refractivity contribution in [3.63, 3.8) is 0 Å². The molecule has 1 aliphatic rings. The van der Waals surface area contributed by atoms with Crippen LogP contribution in [0.25, 0.3) is 10.9 Å². The van der Waals surface area contributed by atoms with Gasteiger partial charge in [0, 0.05) is 11.3 Å². The van der Waals surface area contributed by atoms with Crippen LogP contribution < -0.4 is 10.5 Å². The van der Waals surface area contributed by atoms with E-state index in [9.17, 15) is 4.79 Å². The summed E-state index contributed by atoms with van der Waals surface area (Å²) in [7, 11) is 1.66. The molecule has 0 aliphatic carbocycles. The summed E-state index contributed by atoms with van der Waals surface area (Å²) in [4.78, 5) is 20.1. The Kier molecular flexibility index (Phi) is 6.82. The lowest BCUT2D eigenvalue weighted by atomic mass is 9.80. The molecular formula is C26H31N3O2. The molecule has 0 radical (unpaired) electrons. The first-order chi connectivity index (χ1) is 15.2. The first-order valence-corrected chi connectivity index (χ1v) is 11.2.